The molecule has 0 aromatic heterocycles. The molecule has 24 heavy (non-hydrogen) atoms. The van der Waals surface area contributed by atoms with E-state index >= 15 is 0 Å². The van der Waals surface area contributed by atoms with Gasteiger partial charge in [0.15, 0.2) is 0 Å². The Balaban J connectivity index is 1.85. The Morgan fingerprint density at radius 2 is 1.96 bits per heavy atom. The van der Waals surface area contributed by atoms with Crippen LogP contribution in [0.1, 0.15) is 18.9 Å². The molecule has 1 aromatic rings. The van der Waals surface area contributed by atoms with Crippen molar-refractivity contribution in [3.8, 4) is 11.5 Å². The minimum absolute atomic E-state index is 0.0249. The number of nitrogens with zero attached hydrogens (tertiary/aromatic N) is 1. The van der Waals surface area contributed by atoms with Crippen LogP contribution in [0.3, 0.4) is 0 Å². The highest BCUT2D eigenvalue weighted by atomic mass is 32.1. The average molecular weight is 359 g/mol. The second-order valence-corrected chi connectivity index (χ2v) is 6.99. The molecular formula is C17H20F3NO2S. The van der Waals surface area contributed by atoms with Crippen LogP contribution in [-0.2, 0) is 6.54 Å². The maximum absolute atomic E-state index is 13.3. The number of halogens is 3. The zero-order valence-electron chi connectivity index (χ0n) is 13.8. The third-order valence-corrected chi connectivity index (χ3v) is 5.48. The fourth-order valence-electron chi connectivity index (χ4n) is 3.88. The van der Waals surface area contributed by atoms with Gasteiger partial charge in [-0.1, -0.05) is 19.1 Å². The van der Waals surface area contributed by atoms with Crippen LogP contribution in [-0.4, -0.2) is 36.3 Å². The van der Waals surface area contributed by atoms with E-state index < -0.39 is 18.1 Å². The number of methoxy groups -OCH3 is 2. The van der Waals surface area contributed by atoms with Gasteiger partial charge in [-0.05, 0) is 24.0 Å². The lowest BCUT2D eigenvalue weighted by molar-refractivity contribution is -0.154. The van der Waals surface area contributed by atoms with Crippen LogP contribution < -0.4 is 9.47 Å². The van der Waals surface area contributed by atoms with Crippen molar-refractivity contribution < 1.29 is 22.6 Å². The minimum atomic E-state index is -4.17. The first-order chi connectivity index (χ1) is 11.3. The SMILES string of the molecule is COc1ccc(CN2C(=S)C[C@H](C)[C@@H]3[C@H]2[C@@H]3C(F)(F)F)c(OC)c1. The molecule has 2 fully saturated rings. The summed E-state index contributed by atoms with van der Waals surface area (Å²) in [5.74, 6) is -0.430. The number of fused-ring (bicyclic) bond motifs is 1. The highest BCUT2D eigenvalue weighted by Crippen LogP contribution is 2.59. The molecule has 4 atom stereocenters. The smallest absolute Gasteiger partial charge is 0.394 e. The third-order valence-electron chi connectivity index (χ3n) is 5.08. The Hall–Kier alpha value is -1.50. The topological polar surface area (TPSA) is 21.7 Å². The molecule has 0 spiro atoms. The van der Waals surface area contributed by atoms with Gasteiger partial charge < -0.3 is 14.4 Å². The summed E-state index contributed by atoms with van der Waals surface area (Å²) in [5, 5.41) is 0. The number of thiocarbonyl (C=S) groups is 1. The summed E-state index contributed by atoms with van der Waals surface area (Å²) in [4.78, 5) is 2.34. The molecule has 2 aliphatic rings. The maximum atomic E-state index is 13.3. The number of piperidine rings is 1. The fourth-order valence-corrected chi connectivity index (χ4v) is 4.33. The second-order valence-electron chi connectivity index (χ2n) is 6.52. The van der Waals surface area contributed by atoms with Gasteiger partial charge in [0.25, 0.3) is 0 Å². The van der Waals surface area contributed by atoms with Crippen LogP contribution >= 0.6 is 12.2 Å². The molecule has 1 aromatic carbocycles. The molecule has 132 valence electrons. The van der Waals surface area contributed by atoms with E-state index in [2.05, 4.69) is 0 Å². The van der Waals surface area contributed by atoms with Gasteiger partial charge in [-0.2, -0.15) is 13.2 Å². The molecule has 0 unspecified atom stereocenters. The molecule has 1 heterocycles. The van der Waals surface area contributed by atoms with Crippen LogP contribution in [0.15, 0.2) is 18.2 Å². The van der Waals surface area contributed by atoms with E-state index in [1.54, 1.807) is 24.1 Å². The van der Waals surface area contributed by atoms with Gasteiger partial charge in [0.05, 0.1) is 25.1 Å². The van der Waals surface area contributed by atoms with Gasteiger partial charge in [0.2, 0.25) is 0 Å². The van der Waals surface area contributed by atoms with Crippen LogP contribution in [0.2, 0.25) is 0 Å². The lowest BCUT2D eigenvalue weighted by atomic mass is 9.96. The number of likely N-dealkylation sites (tertiary alicyclic amines) is 1. The lowest BCUT2D eigenvalue weighted by Crippen LogP contribution is -2.38. The molecule has 0 amide bonds. The van der Waals surface area contributed by atoms with Crippen LogP contribution in [0.25, 0.3) is 0 Å². The monoisotopic (exact) mass is 359 g/mol. The largest absolute Gasteiger partial charge is 0.497 e. The Morgan fingerprint density at radius 1 is 1.25 bits per heavy atom. The normalized spacial score (nSPS) is 29.2. The number of benzene rings is 1. The van der Waals surface area contributed by atoms with E-state index in [-0.39, 0.29) is 11.8 Å². The number of alkyl halides is 3. The summed E-state index contributed by atoms with van der Waals surface area (Å²) in [6.45, 7) is 2.19. The summed E-state index contributed by atoms with van der Waals surface area (Å²) in [5.41, 5.74) is 0.807. The number of hydrogen-bond acceptors (Lipinski definition) is 3. The Bertz CT molecular complexity index is 649. The van der Waals surface area contributed by atoms with E-state index in [1.807, 2.05) is 13.0 Å². The minimum Gasteiger partial charge on any atom is -0.497 e. The molecular weight excluding hydrogens is 339 g/mol. The third kappa shape index (κ3) is 2.94. The van der Waals surface area contributed by atoms with Crippen molar-refractivity contribution in [3.63, 3.8) is 0 Å². The second kappa shape index (κ2) is 6.10. The van der Waals surface area contributed by atoms with E-state index in [0.29, 0.717) is 29.5 Å². The molecule has 1 saturated carbocycles. The molecule has 1 saturated heterocycles. The van der Waals surface area contributed by atoms with Gasteiger partial charge in [-0.3, -0.25) is 0 Å². The molecule has 3 rings (SSSR count). The fraction of sp³-hybridized carbons (Fsp3) is 0.588. The van der Waals surface area contributed by atoms with Gasteiger partial charge in [0.1, 0.15) is 11.5 Å². The van der Waals surface area contributed by atoms with Gasteiger partial charge >= 0.3 is 6.18 Å². The summed E-state index contributed by atoms with van der Waals surface area (Å²) in [6, 6.07) is 4.78. The molecule has 0 bridgehead atoms. The highest BCUT2D eigenvalue weighted by molar-refractivity contribution is 7.80. The van der Waals surface area contributed by atoms with E-state index in [1.165, 1.54) is 7.11 Å². The van der Waals surface area contributed by atoms with E-state index in [4.69, 9.17) is 21.7 Å². The zero-order valence-corrected chi connectivity index (χ0v) is 14.6. The lowest BCUT2D eigenvalue weighted by Gasteiger charge is -2.32. The summed E-state index contributed by atoms with van der Waals surface area (Å²) < 4.78 is 50.4. The predicted octanol–water partition coefficient (Wildman–Crippen LogP) is 4.05. The Morgan fingerprint density at radius 3 is 2.54 bits per heavy atom. The van der Waals surface area contributed by atoms with Gasteiger partial charge in [-0.15, -0.1) is 0 Å². The Labute approximate surface area is 144 Å². The summed E-state index contributed by atoms with van der Waals surface area (Å²) in [7, 11) is 3.09. The van der Waals surface area contributed by atoms with Crippen molar-refractivity contribution in [1.82, 2.24) is 4.90 Å². The molecule has 7 heteroatoms. The van der Waals surface area contributed by atoms with Gasteiger partial charge in [0, 0.05) is 30.6 Å². The van der Waals surface area contributed by atoms with Crippen molar-refractivity contribution in [1.29, 1.82) is 0 Å². The van der Waals surface area contributed by atoms with Gasteiger partial charge in [-0.25, -0.2) is 0 Å². The maximum Gasteiger partial charge on any atom is 0.394 e. The van der Waals surface area contributed by atoms with E-state index in [0.717, 1.165) is 5.56 Å². The summed E-state index contributed by atoms with van der Waals surface area (Å²) >= 11 is 5.40. The number of rotatable bonds is 4. The van der Waals surface area contributed by atoms with E-state index in [9.17, 15) is 13.2 Å². The molecule has 1 aliphatic heterocycles. The molecule has 1 aliphatic carbocycles. The standard InChI is InChI=1S/C17H20F3NO2S/c1-9-6-13(24)21(16-14(9)15(16)17(18,19)20)8-10-4-5-11(22-2)7-12(10)23-3/h4-5,7,9,14-16H,6,8H2,1-3H3/t9-,14-,15+,16-/m0/s1. The predicted molar refractivity (Wildman–Crippen MR) is 88.3 cm³/mol. The first-order valence-corrected chi connectivity index (χ1v) is 8.25. The van der Waals surface area contributed by atoms with Crippen LogP contribution in [0.5, 0.6) is 11.5 Å². The molecule has 0 radical (unpaired) electrons. The summed E-state index contributed by atoms with van der Waals surface area (Å²) in [6.07, 6.45) is -3.65. The molecule has 3 nitrogen and oxygen atoms in total. The van der Waals surface area contributed by atoms with Crippen molar-refractivity contribution in [2.24, 2.45) is 17.8 Å². The first kappa shape index (κ1) is 17.3. The van der Waals surface area contributed by atoms with Crippen LogP contribution in [0.4, 0.5) is 13.2 Å². The average Bonchev–Trinajstić information content (AvgIpc) is 3.27. The van der Waals surface area contributed by atoms with Crippen molar-refractivity contribution >= 4 is 17.2 Å². The molecule has 0 N–H and O–H groups in total. The quantitative estimate of drug-likeness (QED) is 0.756. The highest BCUT2D eigenvalue weighted by Gasteiger charge is 2.69. The van der Waals surface area contributed by atoms with Crippen molar-refractivity contribution in [3.05, 3.63) is 23.8 Å². The first-order valence-electron chi connectivity index (χ1n) is 7.85. The zero-order chi connectivity index (χ0) is 17.6. The number of ether oxygens (including phenoxy) is 2. The Kier molecular flexibility index (Phi) is 4.40. The van der Waals surface area contributed by atoms with Crippen molar-refractivity contribution in [2.45, 2.75) is 32.1 Å². The number of hydrogen-bond donors (Lipinski definition) is 0. The van der Waals surface area contributed by atoms with Crippen molar-refractivity contribution in [2.75, 3.05) is 14.2 Å². The van der Waals surface area contributed by atoms with Crippen LogP contribution in [0, 0.1) is 17.8 Å².